The van der Waals surface area contributed by atoms with Crippen LogP contribution in [0.15, 0.2) is 64.2 Å². The zero-order chi connectivity index (χ0) is 18.3. The second-order valence-corrected chi connectivity index (χ2v) is 5.71. The van der Waals surface area contributed by atoms with Gasteiger partial charge in [0.1, 0.15) is 0 Å². The fourth-order valence-electron chi connectivity index (χ4n) is 2.91. The van der Waals surface area contributed by atoms with Crippen molar-refractivity contribution in [1.29, 1.82) is 0 Å². The summed E-state index contributed by atoms with van der Waals surface area (Å²) in [6, 6.07) is 15.2. The van der Waals surface area contributed by atoms with Crippen molar-refractivity contribution >= 4 is 22.6 Å². The van der Waals surface area contributed by atoms with Gasteiger partial charge in [0.05, 0.1) is 11.0 Å². The van der Waals surface area contributed by atoms with Gasteiger partial charge >= 0.3 is 5.69 Å². The lowest BCUT2D eigenvalue weighted by molar-refractivity contribution is -0.114. The molecule has 0 spiro atoms. The van der Waals surface area contributed by atoms with E-state index in [0.717, 1.165) is 0 Å². The standard InChI is InChI=1S/C18H13N5O3/c1-11(24)19-12-7-8-14-15(9-12)22(13-5-3-2-4-6-13)17(25)10-16-20-21-18(26)23(14)16/h2-10H,1H3,(H,19,24). The molecule has 8 nitrogen and oxygen atoms in total. The van der Waals surface area contributed by atoms with E-state index in [4.69, 9.17) is 0 Å². The van der Waals surface area contributed by atoms with E-state index in [-0.39, 0.29) is 17.3 Å². The zero-order valence-electron chi connectivity index (χ0n) is 13.7. The molecule has 26 heavy (non-hydrogen) atoms. The summed E-state index contributed by atoms with van der Waals surface area (Å²) in [6.07, 6.45) is 0. The molecule has 2 aromatic rings. The van der Waals surface area contributed by atoms with Gasteiger partial charge in [-0.15, -0.1) is 5.10 Å². The van der Waals surface area contributed by atoms with E-state index < -0.39 is 5.69 Å². The summed E-state index contributed by atoms with van der Waals surface area (Å²) in [5.41, 5.74) is 1.08. The molecule has 2 aliphatic heterocycles. The third-order valence-electron chi connectivity index (χ3n) is 3.92. The molecule has 128 valence electrons. The second-order valence-electron chi connectivity index (χ2n) is 5.71. The Morgan fingerprint density at radius 1 is 0.923 bits per heavy atom. The van der Waals surface area contributed by atoms with Crippen molar-refractivity contribution in [2.75, 3.05) is 5.32 Å². The molecule has 0 bridgehead atoms. The molecule has 2 aromatic carbocycles. The third-order valence-corrected chi connectivity index (χ3v) is 3.92. The number of nitrogens with zero attached hydrogens (tertiary/aromatic N) is 4. The second kappa shape index (κ2) is 5.92. The number of carbonyl (C=O) groups excluding carboxylic acids is 1. The van der Waals surface area contributed by atoms with E-state index in [0.29, 0.717) is 22.4 Å². The minimum atomic E-state index is -0.576. The van der Waals surface area contributed by atoms with Crippen LogP contribution in [0.4, 0.5) is 5.69 Å². The first kappa shape index (κ1) is 15.7. The van der Waals surface area contributed by atoms with Crippen LogP contribution in [0.2, 0.25) is 0 Å². The summed E-state index contributed by atoms with van der Waals surface area (Å²) >= 11 is 0. The van der Waals surface area contributed by atoms with Crippen LogP contribution in [0, 0.1) is 0 Å². The van der Waals surface area contributed by atoms with Crippen LogP contribution in [-0.4, -0.2) is 25.2 Å². The minimum absolute atomic E-state index is 0.159. The van der Waals surface area contributed by atoms with Gasteiger partial charge in [-0.2, -0.15) is 0 Å². The van der Waals surface area contributed by atoms with Gasteiger partial charge in [-0.25, -0.2) is 9.36 Å². The topological polar surface area (TPSA) is 98.9 Å². The molecule has 2 heterocycles. The maximum Gasteiger partial charge on any atom is 0.372 e. The van der Waals surface area contributed by atoms with Crippen LogP contribution in [0.25, 0.3) is 22.5 Å². The lowest BCUT2D eigenvalue weighted by Gasteiger charge is -2.09. The molecular weight excluding hydrogens is 334 g/mol. The van der Waals surface area contributed by atoms with Gasteiger partial charge < -0.3 is 5.32 Å². The number of para-hydroxylation sites is 1. The van der Waals surface area contributed by atoms with Crippen molar-refractivity contribution in [3.63, 3.8) is 0 Å². The number of carbonyl (C=O) groups is 1. The number of benzene rings is 2. The van der Waals surface area contributed by atoms with Crippen molar-refractivity contribution in [3.8, 4) is 11.5 Å². The van der Waals surface area contributed by atoms with Crippen molar-refractivity contribution in [3.05, 3.63) is 75.4 Å². The first-order valence-corrected chi connectivity index (χ1v) is 7.83. The summed E-state index contributed by atoms with van der Waals surface area (Å²) in [7, 11) is 0. The van der Waals surface area contributed by atoms with E-state index in [9.17, 15) is 14.4 Å². The number of hydrogen-bond acceptors (Lipinski definition) is 5. The van der Waals surface area contributed by atoms with Gasteiger partial charge in [0.2, 0.25) is 5.91 Å². The molecular formula is C18H13N5O3. The molecule has 0 aromatic heterocycles. The molecule has 0 unspecified atom stereocenters. The Hall–Kier alpha value is -3.81. The number of anilines is 1. The van der Waals surface area contributed by atoms with E-state index in [1.54, 1.807) is 30.3 Å². The van der Waals surface area contributed by atoms with Crippen LogP contribution in [0.1, 0.15) is 6.92 Å². The number of rotatable bonds is 2. The van der Waals surface area contributed by atoms with E-state index in [1.165, 1.54) is 22.1 Å². The average molecular weight is 347 g/mol. The Morgan fingerprint density at radius 3 is 2.42 bits per heavy atom. The van der Waals surface area contributed by atoms with Gasteiger partial charge in [0.25, 0.3) is 5.56 Å². The Bertz CT molecular complexity index is 1230. The third kappa shape index (κ3) is 2.53. The summed E-state index contributed by atoms with van der Waals surface area (Å²) in [5.74, 6) is -0.0795. The summed E-state index contributed by atoms with van der Waals surface area (Å²) < 4.78 is 2.74. The lowest BCUT2D eigenvalue weighted by Crippen LogP contribution is -2.15. The molecule has 8 heteroatoms. The highest BCUT2D eigenvalue weighted by molar-refractivity contribution is 5.92. The van der Waals surface area contributed by atoms with Crippen LogP contribution in [0.3, 0.4) is 0 Å². The highest BCUT2D eigenvalue weighted by atomic mass is 16.2. The molecule has 0 saturated carbocycles. The number of fused-ring (bicyclic) bond motifs is 3. The van der Waals surface area contributed by atoms with Crippen molar-refractivity contribution in [2.24, 2.45) is 0 Å². The van der Waals surface area contributed by atoms with Crippen molar-refractivity contribution in [1.82, 2.24) is 19.3 Å². The molecule has 0 radical (unpaired) electrons. The number of aromatic nitrogens is 4. The highest BCUT2D eigenvalue weighted by Gasteiger charge is 2.16. The number of amides is 1. The zero-order valence-corrected chi connectivity index (χ0v) is 13.7. The van der Waals surface area contributed by atoms with Crippen LogP contribution in [0.5, 0.6) is 0 Å². The van der Waals surface area contributed by atoms with E-state index in [2.05, 4.69) is 15.5 Å². The Labute approximate surface area is 146 Å². The molecule has 1 N–H and O–H groups in total. The van der Waals surface area contributed by atoms with Gasteiger partial charge in [-0.1, -0.05) is 23.3 Å². The summed E-state index contributed by atoms with van der Waals surface area (Å²) in [4.78, 5) is 36.4. The van der Waals surface area contributed by atoms with Gasteiger partial charge in [-0.3, -0.25) is 14.2 Å². The largest absolute Gasteiger partial charge is 0.372 e. The fourth-order valence-corrected chi connectivity index (χ4v) is 2.91. The Morgan fingerprint density at radius 2 is 1.69 bits per heavy atom. The summed E-state index contributed by atoms with van der Waals surface area (Å²) in [6.45, 7) is 1.40. The molecule has 1 amide bonds. The molecule has 0 fully saturated rings. The molecule has 0 aliphatic carbocycles. The van der Waals surface area contributed by atoms with Gasteiger partial charge in [0, 0.05) is 24.4 Å². The van der Waals surface area contributed by atoms with Crippen molar-refractivity contribution in [2.45, 2.75) is 6.92 Å². The first-order valence-electron chi connectivity index (χ1n) is 7.83. The van der Waals surface area contributed by atoms with E-state index >= 15 is 0 Å². The minimum Gasteiger partial charge on any atom is -0.326 e. The predicted octanol–water partition coefficient (Wildman–Crippen LogP) is 1.33. The predicted molar refractivity (Wildman–Crippen MR) is 96.2 cm³/mol. The molecule has 0 atom stereocenters. The number of hydrogen-bond donors (Lipinski definition) is 1. The highest BCUT2D eigenvalue weighted by Crippen LogP contribution is 2.22. The van der Waals surface area contributed by atoms with Crippen molar-refractivity contribution < 1.29 is 4.79 Å². The molecule has 0 saturated heterocycles. The fraction of sp³-hybridized carbons (Fsp3) is 0.0556. The normalized spacial score (nSPS) is 11.0. The van der Waals surface area contributed by atoms with Crippen LogP contribution < -0.4 is 16.6 Å². The van der Waals surface area contributed by atoms with Crippen LogP contribution >= 0.6 is 0 Å². The SMILES string of the molecule is CC(=O)Nc1ccc2c(c1)n(-c1ccccc1)c(=O)cc1nnc(=O)n2-1. The summed E-state index contributed by atoms with van der Waals surface area (Å²) in [5, 5.41) is 10.0. The van der Waals surface area contributed by atoms with E-state index in [1.807, 2.05) is 18.2 Å². The Kier molecular flexibility index (Phi) is 3.58. The first-order chi connectivity index (χ1) is 12.5. The van der Waals surface area contributed by atoms with Crippen LogP contribution in [-0.2, 0) is 4.79 Å². The average Bonchev–Trinajstić information content (AvgIpc) is 2.90. The van der Waals surface area contributed by atoms with Gasteiger partial charge in [0.15, 0.2) is 5.82 Å². The maximum absolute atomic E-state index is 12.9. The smallest absolute Gasteiger partial charge is 0.326 e. The lowest BCUT2D eigenvalue weighted by atomic mass is 10.2. The maximum atomic E-state index is 12.9. The molecule has 4 rings (SSSR count). The molecule has 2 aliphatic rings. The Balaban J connectivity index is 2.20. The monoisotopic (exact) mass is 347 g/mol. The van der Waals surface area contributed by atoms with Gasteiger partial charge in [-0.05, 0) is 30.3 Å². The number of nitrogens with one attached hydrogen (secondary N) is 1. The quantitative estimate of drug-likeness (QED) is 0.590.